The van der Waals surface area contributed by atoms with Crippen molar-refractivity contribution in [3.05, 3.63) is 59.3 Å². The molecule has 1 N–H and O–H groups in total. The molecular weight excluding hydrogens is 314 g/mol. The molecule has 20 heavy (non-hydrogen) atoms. The molecule has 2 aromatic heterocycles. The predicted molar refractivity (Wildman–Crippen MR) is 84.5 cm³/mol. The highest BCUT2D eigenvalue weighted by Crippen LogP contribution is 2.26. The topological polar surface area (TPSA) is 41.6 Å². The Labute approximate surface area is 123 Å². The van der Waals surface area contributed by atoms with Crippen LogP contribution < -0.4 is 0 Å². The minimum Gasteiger partial charge on any atom is -0.337 e. The van der Waals surface area contributed by atoms with Crippen molar-refractivity contribution in [3.63, 3.8) is 0 Å². The Morgan fingerprint density at radius 2 is 1.80 bits per heavy atom. The number of aromatic nitrogens is 3. The lowest BCUT2D eigenvalue weighted by Crippen LogP contribution is -1.81. The molecule has 4 rings (SSSR count). The summed E-state index contributed by atoms with van der Waals surface area (Å²) in [6.07, 6.45) is 3.55. The van der Waals surface area contributed by atoms with Crippen molar-refractivity contribution in [3.8, 4) is 11.4 Å². The number of nitrogens with zero attached hydrogens (tertiary/aromatic N) is 2. The zero-order valence-corrected chi connectivity index (χ0v) is 12.1. The van der Waals surface area contributed by atoms with E-state index in [1.165, 1.54) is 10.8 Å². The summed E-state index contributed by atoms with van der Waals surface area (Å²) >= 11 is 3.49. The van der Waals surface area contributed by atoms with Gasteiger partial charge in [-0.1, -0.05) is 34.1 Å². The molecule has 0 amide bonds. The van der Waals surface area contributed by atoms with Crippen LogP contribution in [0.1, 0.15) is 0 Å². The Morgan fingerprint density at radius 1 is 0.950 bits per heavy atom. The lowest BCUT2D eigenvalue weighted by atomic mass is 10.1. The van der Waals surface area contributed by atoms with Crippen LogP contribution in [0.3, 0.4) is 0 Å². The number of hydrogen-bond donors (Lipinski definition) is 1. The van der Waals surface area contributed by atoms with Gasteiger partial charge in [0.05, 0.1) is 17.2 Å². The molecule has 3 nitrogen and oxygen atoms in total. The molecule has 0 saturated carbocycles. The van der Waals surface area contributed by atoms with Crippen molar-refractivity contribution in [2.24, 2.45) is 0 Å². The Balaban J connectivity index is 1.90. The lowest BCUT2D eigenvalue weighted by Gasteiger charge is -2.01. The molecule has 0 fully saturated rings. The van der Waals surface area contributed by atoms with E-state index in [4.69, 9.17) is 0 Å². The minimum absolute atomic E-state index is 0.873. The largest absolute Gasteiger partial charge is 0.337 e. The molecule has 0 aliphatic rings. The Kier molecular flexibility index (Phi) is 2.57. The van der Waals surface area contributed by atoms with Gasteiger partial charge in [0.15, 0.2) is 0 Å². The number of halogens is 1. The van der Waals surface area contributed by atoms with Gasteiger partial charge in [-0.3, -0.25) is 4.98 Å². The fourth-order valence-corrected chi connectivity index (χ4v) is 2.74. The number of imidazole rings is 1. The van der Waals surface area contributed by atoms with Crippen LogP contribution in [0.5, 0.6) is 0 Å². The zero-order valence-electron chi connectivity index (χ0n) is 10.5. The summed E-state index contributed by atoms with van der Waals surface area (Å²) in [5.41, 5.74) is 2.97. The first-order valence-electron chi connectivity index (χ1n) is 6.29. The number of rotatable bonds is 1. The third kappa shape index (κ3) is 1.89. The molecule has 0 aliphatic carbocycles. The summed E-state index contributed by atoms with van der Waals surface area (Å²) in [5.74, 6) is 0.873. The molecule has 96 valence electrons. The van der Waals surface area contributed by atoms with E-state index in [9.17, 15) is 0 Å². The molecule has 2 aromatic carbocycles. The summed E-state index contributed by atoms with van der Waals surface area (Å²) in [4.78, 5) is 12.0. The fourth-order valence-electron chi connectivity index (χ4n) is 2.36. The summed E-state index contributed by atoms with van der Waals surface area (Å²) in [6, 6.07) is 14.5. The van der Waals surface area contributed by atoms with Gasteiger partial charge in [0.1, 0.15) is 5.82 Å². The van der Waals surface area contributed by atoms with E-state index in [2.05, 4.69) is 67.3 Å². The monoisotopic (exact) mass is 323 g/mol. The van der Waals surface area contributed by atoms with Crippen molar-refractivity contribution in [1.29, 1.82) is 0 Å². The summed E-state index contributed by atoms with van der Waals surface area (Å²) < 4.78 is 1.09. The van der Waals surface area contributed by atoms with Gasteiger partial charge < -0.3 is 4.98 Å². The van der Waals surface area contributed by atoms with Crippen LogP contribution >= 0.6 is 15.9 Å². The first kappa shape index (κ1) is 11.6. The highest BCUT2D eigenvalue weighted by molar-refractivity contribution is 9.10. The van der Waals surface area contributed by atoms with E-state index in [0.29, 0.717) is 0 Å². The zero-order chi connectivity index (χ0) is 13.5. The maximum absolute atomic E-state index is 4.60. The van der Waals surface area contributed by atoms with Crippen molar-refractivity contribution >= 4 is 37.7 Å². The van der Waals surface area contributed by atoms with Gasteiger partial charge in [-0.15, -0.1) is 0 Å². The number of fused-ring (bicyclic) bond motifs is 2. The number of pyridine rings is 1. The van der Waals surface area contributed by atoms with Gasteiger partial charge in [-0.25, -0.2) is 4.98 Å². The molecular formula is C16H10BrN3. The highest BCUT2D eigenvalue weighted by atomic mass is 79.9. The van der Waals surface area contributed by atoms with Crippen LogP contribution in [-0.4, -0.2) is 15.0 Å². The molecule has 0 spiro atoms. The maximum Gasteiger partial charge on any atom is 0.138 e. The van der Waals surface area contributed by atoms with Crippen molar-refractivity contribution in [1.82, 2.24) is 15.0 Å². The molecule has 0 unspecified atom stereocenters. The number of nitrogens with one attached hydrogen (secondary N) is 1. The second kappa shape index (κ2) is 4.42. The molecule has 0 aliphatic heterocycles. The van der Waals surface area contributed by atoms with Crippen LogP contribution in [0.15, 0.2) is 59.3 Å². The molecule has 2 heterocycles. The lowest BCUT2D eigenvalue weighted by molar-refractivity contribution is 1.33. The Morgan fingerprint density at radius 3 is 2.70 bits per heavy atom. The van der Waals surface area contributed by atoms with E-state index >= 15 is 0 Å². The predicted octanol–water partition coefficient (Wildman–Crippen LogP) is 4.54. The van der Waals surface area contributed by atoms with E-state index < -0.39 is 0 Å². The molecule has 0 bridgehead atoms. The van der Waals surface area contributed by atoms with Crippen LogP contribution in [0.4, 0.5) is 0 Å². The van der Waals surface area contributed by atoms with Crippen molar-refractivity contribution in [2.75, 3.05) is 0 Å². The maximum atomic E-state index is 4.60. The van der Waals surface area contributed by atoms with E-state index in [-0.39, 0.29) is 0 Å². The van der Waals surface area contributed by atoms with Crippen LogP contribution in [0.25, 0.3) is 33.2 Å². The van der Waals surface area contributed by atoms with Gasteiger partial charge in [-0.05, 0) is 35.0 Å². The normalized spacial score (nSPS) is 11.2. The summed E-state index contributed by atoms with van der Waals surface area (Å²) in [6.45, 7) is 0. The first-order chi connectivity index (χ1) is 9.79. The average Bonchev–Trinajstić information content (AvgIpc) is 2.90. The number of H-pyrrole nitrogens is 1. The molecule has 0 saturated heterocycles. The number of hydrogen-bond acceptors (Lipinski definition) is 2. The van der Waals surface area contributed by atoms with Gasteiger partial charge in [0, 0.05) is 16.2 Å². The summed E-state index contributed by atoms with van der Waals surface area (Å²) in [7, 11) is 0. The fraction of sp³-hybridized carbons (Fsp3) is 0. The molecule has 0 radical (unpaired) electrons. The second-order valence-electron chi connectivity index (χ2n) is 4.68. The van der Waals surface area contributed by atoms with Gasteiger partial charge in [-0.2, -0.15) is 0 Å². The van der Waals surface area contributed by atoms with Crippen LogP contribution in [0, 0.1) is 0 Å². The van der Waals surface area contributed by atoms with Gasteiger partial charge in [0.2, 0.25) is 0 Å². The van der Waals surface area contributed by atoms with E-state index in [1.807, 2.05) is 6.07 Å². The van der Waals surface area contributed by atoms with E-state index in [1.54, 1.807) is 12.4 Å². The standard InChI is InChI=1S/C16H10BrN3/c17-13-4-3-10-7-12(2-1-11(10)8-13)16-19-14-5-6-18-9-15(14)20-16/h1-9H,(H,19,20). The second-order valence-corrected chi connectivity index (χ2v) is 5.60. The number of benzene rings is 2. The minimum atomic E-state index is 0.873. The Hall–Kier alpha value is -2.20. The quantitative estimate of drug-likeness (QED) is 0.558. The van der Waals surface area contributed by atoms with Crippen molar-refractivity contribution in [2.45, 2.75) is 0 Å². The molecule has 0 atom stereocenters. The Bertz CT molecular complexity index is 894. The van der Waals surface area contributed by atoms with Crippen molar-refractivity contribution < 1.29 is 0 Å². The smallest absolute Gasteiger partial charge is 0.138 e. The number of aromatic amines is 1. The van der Waals surface area contributed by atoms with E-state index in [0.717, 1.165) is 26.9 Å². The first-order valence-corrected chi connectivity index (χ1v) is 7.08. The molecule has 4 aromatic rings. The SMILES string of the molecule is Brc1ccc2cc(-c3nc4ccncc4[nH]3)ccc2c1. The van der Waals surface area contributed by atoms with Gasteiger partial charge in [0.25, 0.3) is 0 Å². The van der Waals surface area contributed by atoms with Crippen LogP contribution in [-0.2, 0) is 0 Å². The summed E-state index contributed by atoms with van der Waals surface area (Å²) in [5, 5.41) is 2.41. The molecule has 4 heteroatoms. The third-order valence-corrected chi connectivity index (χ3v) is 3.85. The third-order valence-electron chi connectivity index (χ3n) is 3.36. The highest BCUT2D eigenvalue weighted by Gasteiger charge is 2.06. The van der Waals surface area contributed by atoms with Gasteiger partial charge >= 0.3 is 0 Å². The average molecular weight is 324 g/mol. The van der Waals surface area contributed by atoms with Crippen LogP contribution in [0.2, 0.25) is 0 Å².